The van der Waals surface area contributed by atoms with Crippen molar-refractivity contribution in [1.82, 2.24) is 19.9 Å². The maximum Gasteiger partial charge on any atom is 0.119 e. The molecule has 8 bridgehead atoms. The summed E-state index contributed by atoms with van der Waals surface area (Å²) in [6.07, 6.45) is 8.26. The van der Waals surface area contributed by atoms with Gasteiger partial charge >= 0.3 is 0 Å². The Bertz CT molecular complexity index is 2940. The monoisotopic (exact) mass is 1220 g/mol. The molecule has 1 aliphatic heterocycles. The molecule has 0 fully saturated rings. The topological polar surface area (TPSA) is 100 Å². The number of hydrogen-bond acceptors (Lipinski definition) is 4. The van der Waals surface area contributed by atoms with Crippen molar-refractivity contribution in [2.45, 2.75) is 79.1 Å². The number of rotatable bonds is 20. The van der Waals surface area contributed by atoms with Crippen LogP contribution in [0.5, 0.6) is 23.0 Å². The van der Waals surface area contributed by atoms with Crippen LogP contribution in [-0.2, 0) is 0 Å². The summed E-state index contributed by atoms with van der Waals surface area (Å²) in [5, 5.41) is 3.59. The number of aromatic amines is 4. The lowest BCUT2D eigenvalue weighted by atomic mass is 10.0. The first-order chi connectivity index (χ1) is 35.2. The van der Waals surface area contributed by atoms with E-state index in [1.165, 1.54) is 0 Å². The van der Waals surface area contributed by atoms with Gasteiger partial charge in [0, 0.05) is 45.1 Å². The quantitative estimate of drug-likeness (QED) is 0.0571. The summed E-state index contributed by atoms with van der Waals surface area (Å²) in [6, 6.07) is 42.3. The summed E-state index contributed by atoms with van der Waals surface area (Å²) in [5.74, 6) is 3.35. The number of fused-ring (bicyclic) bond motifs is 8. The van der Waals surface area contributed by atoms with E-state index in [1.54, 1.807) is 0 Å². The number of aromatic nitrogens is 4. The molecule has 0 aliphatic carbocycles. The Morgan fingerprint density at radius 1 is 0.292 bits per heavy atom. The number of nitrogens with one attached hydrogen (secondary N) is 4. The van der Waals surface area contributed by atoms with Gasteiger partial charge in [0.2, 0.25) is 0 Å². The lowest BCUT2D eigenvalue weighted by Crippen LogP contribution is -2.20. The molecule has 4 aromatic heterocycles. The van der Waals surface area contributed by atoms with E-state index in [4.69, 9.17) is 18.9 Å². The van der Waals surface area contributed by atoms with Crippen molar-refractivity contribution in [3.8, 4) is 23.0 Å². The molecule has 372 valence electrons. The fraction of sp³-hybridized carbons (Fsp3) is 0.267. The summed E-state index contributed by atoms with van der Waals surface area (Å²) in [6.45, 7) is 11.4. The van der Waals surface area contributed by atoms with Crippen molar-refractivity contribution in [2.75, 3.05) is 26.4 Å². The lowest BCUT2D eigenvalue weighted by Gasteiger charge is -2.12. The normalized spacial score (nSPS) is 12.4. The Morgan fingerprint density at radius 3 is 0.694 bits per heavy atom. The SMILES string of the molecule is CCCCOc1ccc(C2=c3[nH]c(c(Br)c3Br)=C(c3ccc(OCCCC)cc3)c3ccc([nH]3)C(c3ccc(OCCCC)cc3)=c3[nH]c(c(Br)c3Br)=C(c3ccc(OCCCC)cc3)c3ccc2[nH]3)cc1. The number of H-pyrrole nitrogens is 4. The zero-order chi connectivity index (χ0) is 50.1. The van der Waals surface area contributed by atoms with Crippen molar-refractivity contribution in [2.24, 2.45) is 0 Å². The van der Waals surface area contributed by atoms with Crippen LogP contribution in [-0.4, -0.2) is 46.4 Å². The zero-order valence-corrected chi connectivity index (χ0v) is 47.5. The summed E-state index contributed by atoms with van der Waals surface area (Å²) >= 11 is 16.5. The lowest BCUT2D eigenvalue weighted by molar-refractivity contribution is 0.309. The average Bonchev–Trinajstić information content (AvgIpc) is 4.20. The average molecular weight is 1220 g/mol. The highest BCUT2D eigenvalue weighted by molar-refractivity contribution is 9.13. The van der Waals surface area contributed by atoms with Gasteiger partial charge in [-0.05, 0) is 184 Å². The van der Waals surface area contributed by atoms with E-state index >= 15 is 0 Å². The first-order valence-corrected chi connectivity index (χ1v) is 28.3. The summed E-state index contributed by atoms with van der Waals surface area (Å²) in [4.78, 5) is 15.8. The van der Waals surface area contributed by atoms with Crippen LogP contribution in [0.4, 0.5) is 0 Å². The highest BCUT2D eigenvalue weighted by Gasteiger charge is 2.23. The predicted molar refractivity (Wildman–Crippen MR) is 306 cm³/mol. The third kappa shape index (κ3) is 11.2. The highest BCUT2D eigenvalue weighted by Crippen LogP contribution is 2.33. The van der Waals surface area contributed by atoms with E-state index in [1.807, 2.05) is 0 Å². The van der Waals surface area contributed by atoms with Gasteiger partial charge in [-0.3, -0.25) is 0 Å². The molecule has 5 heterocycles. The third-order valence-electron chi connectivity index (χ3n) is 12.9. The van der Waals surface area contributed by atoms with E-state index in [0.717, 1.165) is 181 Å². The fourth-order valence-electron chi connectivity index (χ4n) is 8.92. The molecule has 9 rings (SSSR count). The van der Waals surface area contributed by atoms with E-state index in [-0.39, 0.29) is 0 Å². The van der Waals surface area contributed by atoms with Crippen molar-refractivity contribution in [1.29, 1.82) is 0 Å². The molecule has 4 N–H and O–H groups in total. The van der Waals surface area contributed by atoms with E-state index in [2.05, 4.69) is 233 Å². The first kappa shape index (κ1) is 51.5. The van der Waals surface area contributed by atoms with Crippen LogP contribution in [0.1, 0.15) is 124 Å². The maximum absolute atomic E-state index is 6.16. The number of hydrogen-bond donors (Lipinski definition) is 4. The van der Waals surface area contributed by atoms with Gasteiger partial charge in [-0.1, -0.05) is 102 Å². The second-order valence-electron chi connectivity index (χ2n) is 18.0. The van der Waals surface area contributed by atoms with Gasteiger partial charge < -0.3 is 38.9 Å². The second kappa shape index (κ2) is 24.1. The van der Waals surface area contributed by atoms with Gasteiger partial charge in [-0.25, -0.2) is 0 Å². The third-order valence-corrected chi connectivity index (χ3v) is 17.1. The molecule has 0 radical (unpaired) electrons. The molecule has 0 unspecified atom stereocenters. The Hall–Kier alpha value is -5.40. The molecule has 0 amide bonds. The smallest absolute Gasteiger partial charge is 0.119 e. The molecular formula is C60H60Br4N4O4. The van der Waals surface area contributed by atoms with Crippen LogP contribution in [0.3, 0.4) is 0 Å². The number of ether oxygens (including phenoxy) is 4. The molecule has 0 atom stereocenters. The van der Waals surface area contributed by atoms with Gasteiger partial charge in [0.1, 0.15) is 23.0 Å². The predicted octanol–water partition coefficient (Wildman–Crippen LogP) is 14.1. The number of benzene rings is 4. The van der Waals surface area contributed by atoms with Crippen molar-refractivity contribution in [3.05, 3.63) is 206 Å². The minimum Gasteiger partial charge on any atom is -0.494 e. The van der Waals surface area contributed by atoms with E-state index in [0.29, 0.717) is 26.4 Å². The molecule has 72 heavy (non-hydrogen) atoms. The molecule has 0 saturated carbocycles. The molecule has 12 heteroatoms. The van der Waals surface area contributed by atoms with Gasteiger partial charge in [0.15, 0.2) is 0 Å². The minimum atomic E-state index is 0.673. The summed E-state index contributed by atoms with van der Waals surface area (Å²) in [7, 11) is 0. The standard InChI is InChI=1S/C60H60Br4N4O4/c1-5-9-33-69-41-21-13-37(14-22-41)49-45-29-30-46(65-45)50(38-15-23-42(24-16-38)70-34-10-6-2)59-55(63)56(64)60(68-59)52(40-19-27-44(28-20-40)72-36-12-8-4)48-32-31-47(66-48)51(58-54(62)53(61)57(49)67-58)39-17-25-43(26-18-39)71-35-11-7-3/h13-32,65-68H,5-12,33-36H2,1-4H3. The van der Waals surface area contributed by atoms with Crippen LogP contribution in [0.15, 0.2) is 139 Å². The molecule has 1 aliphatic rings. The zero-order valence-electron chi connectivity index (χ0n) is 41.2. The van der Waals surface area contributed by atoms with Crippen molar-refractivity contribution < 1.29 is 18.9 Å². The van der Waals surface area contributed by atoms with Crippen LogP contribution in [0.25, 0.3) is 22.3 Å². The molecule has 0 saturated heterocycles. The maximum atomic E-state index is 6.16. The largest absolute Gasteiger partial charge is 0.494 e. The Balaban J connectivity index is 1.36. The van der Waals surface area contributed by atoms with Gasteiger partial charge in [-0.2, -0.15) is 0 Å². The number of halogens is 4. The molecule has 8 nitrogen and oxygen atoms in total. The second-order valence-corrected chi connectivity index (χ2v) is 21.2. The highest BCUT2D eigenvalue weighted by atomic mass is 79.9. The van der Waals surface area contributed by atoms with Crippen molar-refractivity contribution in [3.63, 3.8) is 0 Å². The Morgan fingerprint density at radius 2 is 0.500 bits per heavy atom. The molecular weight excluding hydrogens is 1160 g/mol. The number of unbranched alkanes of at least 4 members (excludes halogenated alkanes) is 4. The van der Waals surface area contributed by atoms with Gasteiger partial charge in [0.25, 0.3) is 0 Å². The first-order valence-electron chi connectivity index (χ1n) is 25.2. The van der Waals surface area contributed by atoms with Crippen LogP contribution in [0, 0.1) is 0 Å². The summed E-state index contributed by atoms with van der Waals surface area (Å²) in [5.41, 5.74) is 11.6. The van der Waals surface area contributed by atoms with Crippen molar-refractivity contribution >= 4 is 86.0 Å². The van der Waals surface area contributed by atoms with Gasteiger partial charge in [0.05, 0.1) is 65.7 Å². The summed E-state index contributed by atoms with van der Waals surface area (Å²) < 4.78 is 28.2. The minimum absolute atomic E-state index is 0.673. The fourth-order valence-corrected chi connectivity index (χ4v) is 10.9. The Labute approximate surface area is 455 Å². The van der Waals surface area contributed by atoms with Crippen LogP contribution in [0.2, 0.25) is 0 Å². The molecule has 8 aromatic rings. The van der Waals surface area contributed by atoms with E-state index in [9.17, 15) is 0 Å². The van der Waals surface area contributed by atoms with Crippen LogP contribution >= 0.6 is 63.7 Å². The molecule has 4 aromatic carbocycles. The Kier molecular flexibility index (Phi) is 17.2. The van der Waals surface area contributed by atoms with Gasteiger partial charge in [-0.15, -0.1) is 0 Å². The van der Waals surface area contributed by atoms with Crippen LogP contribution < -0.4 is 40.3 Å². The van der Waals surface area contributed by atoms with E-state index < -0.39 is 0 Å². The molecule has 0 spiro atoms.